The fraction of sp³-hybridized carbons (Fsp3) is 0.125. The molecular formula is C16H13N5O4S. The molecule has 0 spiro atoms. The standard InChI is InChI=1S/C16H13N5O4S/c1-20-16(22)21(14(18-20)23-2)10-6-3-4-7-11(10)25-15-17-13(19-26-15)12-8-5-9-24-12/h3-9H,1-2H3. The number of methoxy groups -OCH3 is 1. The number of aryl methyl sites for hydroxylation is 1. The van der Waals surface area contributed by atoms with Gasteiger partial charge in [0.2, 0.25) is 5.82 Å². The van der Waals surface area contributed by atoms with E-state index in [1.165, 1.54) is 16.4 Å². The van der Waals surface area contributed by atoms with Crippen LogP contribution in [0.2, 0.25) is 0 Å². The highest BCUT2D eigenvalue weighted by molar-refractivity contribution is 7.07. The molecule has 3 aromatic heterocycles. The van der Waals surface area contributed by atoms with Crippen LogP contribution in [-0.4, -0.2) is 30.8 Å². The van der Waals surface area contributed by atoms with Crippen LogP contribution in [0.5, 0.6) is 17.0 Å². The normalized spacial score (nSPS) is 10.8. The van der Waals surface area contributed by atoms with Crippen LogP contribution in [0.4, 0.5) is 0 Å². The van der Waals surface area contributed by atoms with Crippen molar-refractivity contribution in [3.05, 3.63) is 53.1 Å². The molecule has 0 radical (unpaired) electrons. The van der Waals surface area contributed by atoms with E-state index in [0.717, 1.165) is 11.5 Å². The lowest BCUT2D eigenvalue weighted by molar-refractivity contribution is 0.367. The second-order valence-corrected chi connectivity index (χ2v) is 5.87. The van der Waals surface area contributed by atoms with Crippen LogP contribution in [-0.2, 0) is 7.05 Å². The molecule has 0 bridgehead atoms. The van der Waals surface area contributed by atoms with Gasteiger partial charge < -0.3 is 13.9 Å². The van der Waals surface area contributed by atoms with E-state index in [4.69, 9.17) is 13.9 Å². The topological polar surface area (TPSA) is 97.2 Å². The first-order valence-corrected chi connectivity index (χ1v) is 8.29. The van der Waals surface area contributed by atoms with Crippen LogP contribution in [0.15, 0.2) is 51.9 Å². The van der Waals surface area contributed by atoms with Crippen molar-refractivity contribution >= 4 is 11.5 Å². The molecule has 4 rings (SSSR count). The smallest absolute Gasteiger partial charge is 0.353 e. The number of furan rings is 1. The zero-order chi connectivity index (χ0) is 18.1. The molecule has 26 heavy (non-hydrogen) atoms. The molecule has 0 N–H and O–H groups in total. The molecule has 0 aliphatic carbocycles. The van der Waals surface area contributed by atoms with Crippen LogP contribution in [0, 0.1) is 0 Å². The first kappa shape index (κ1) is 16.1. The van der Waals surface area contributed by atoms with Gasteiger partial charge in [-0.1, -0.05) is 12.1 Å². The van der Waals surface area contributed by atoms with E-state index in [1.807, 2.05) is 0 Å². The summed E-state index contributed by atoms with van der Waals surface area (Å²) in [7, 11) is 2.99. The van der Waals surface area contributed by atoms with Crippen molar-refractivity contribution in [3.63, 3.8) is 0 Å². The summed E-state index contributed by atoms with van der Waals surface area (Å²) < 4.78 is 23.1. The summed E-state index contributed by atoms with van der Waals surface area (Å²) in [5.41, 5.74) is 0.128. The molecule has 0 atom stereocenters. The van der Waals surface area contributed by atoms with Gasteiger partial charge in [-0.05, 0) is 24.3 Å². The number of benzene rings is 1. The second-order valence-electron chi connectivity index (χ2n) is 5.16. The number of hydrogen-bond donors (Lipinski definition) is 0. The van der Waals surface area contributed by atoms with E-state index >= 15 is 0 Å². The van der Waals surface area contributed by atoms with Crippen LogP contribution in [0.25, 0.3) is 17.3 Å². The Morgan fingerprint density at radius 3 is 2.81 bits per heavy atom. The summed E-state index contributed by atoms with van der Waals surface area (Å²) in [4.78, 5) is 16.7. The maximum Gasteiger partial charge on any atom is 0.353 e. The quantitative estimate of drug-likeness (QED) is 0.531. The molecular weight excluding hydrogens is 358 g/mol. The minimum atomic E-state index is -0.355. The average Bonchev–Trinajstić information content (AvgIpc) is 3.37. The molecule has 0 saturated carbocycles. The molecule has 1 aromatic carbocycles. The molecule has 132 valence electrons. The van der Waals surface area contributed by atoms with Gasteiger partial charge in [0, 0.05) is 18.6 Å². The Kier molecular flexibility index (Phi) is 4.01. The van der Waals surface area contributed by atoms with E-state index in [9.17, 15) is 4.79 Å². The zero-order valence-electron chi connectivity index (χ0n) is 13.8. The van der Waals surface area contributed by atoms with Crippen molar-refractivity contribution in [2.75, 3.05) is 7.11 Å². The first-order valence-electron chi connectivity index (χ1n) is 7.52. The lowest BCUT2D eigenvalue weighted by Gasteiger charge is -2.09. The van der Waals surface area contributed by atoms with Crippen LogP contribution in [0.1, 0.15) is 0 Å². The maximum atomic E-state index is 12.4. The molecule has 3 heterocycles. The van der Waals surface area contributed by atoms with Crippen molar-refractivity contribution < 1.29 is 13.9 Å². The fourth-order valence-electron chi connectivity index (χ4n) is 2.36. The van der Waals surface area contributed by atoms with Crippen LogP contribution >= 0.6 is 11.5 Å². The number of hydrogen-bond acceptors (Lipinski definition) is 8. The van der Waals surface area contributed by atoms with Crippen molar-refractivity contribution in [2.24, 2.45) is 7.05 Å². The largest absolute Gasteiger partial charge is 0.467 e. The summed E-state index contributed by atoms with van der Waals surface area (Å²) in [5.74, 6) is 1.40. The Labute approximate surface area is 151 Å². The molecule has 10 heteroatoms. The van der Waals surface area contributed by atoms with Crippen LogP contribution < -0.4 is 15.2 Å². The number of ether oxygens (including phenoxy) is 2. The van der Waals surface area contributed by atoms with Crippen molar-refractivity contribution in [1.82, 2.24) is 23.7 Å². The number of aromatic nitrogens is 5. The number of para-hydroxylation sites is 2. The number of rotatable bonds is 5. The Morgan fingerprint density at radius 2 is 2.04 bits per heavy atom. The van der Waals surface area contributed by atoms with Gasteiger partial charge in [-0.15, -0.1) is 5.10 Å². The maximum absolute atomic E-state index is 12.4. The molecule has 4 aromatic rings. The molecule has 0 aliphatic heterocycles. The van der Waals surface area contributed by atoms with Crippen molar-refractivity contribution in [3.8, 4) is 34.2 Å². The van der Waals surface area contributed by atoms with E-state index < -0.39 is 0 Å². The van der Waals surface area contributed by atoms with Gasteiger partial charge in [-0.2, -0.15) is 9.36 Å². The van der Waals surface area contributed by atoms with Gasteiger partial charge in [0.05, 0.1) is 19.1 Å². The highest BCUT2D eigenvalue weighted by Gasteiger charge is 2.19. The molecule has 0 fully saturated rings. The fourth-order valence-corrected chi connectivity index (χ4v) is 2.91. The second kappa shape index (κ2) is 6.48. The predicted molar refractivity (Wildman–Crippen MR) is 93.0 cm³/mol. The molecule has 0 aliphatic rings. The van der Waals surface area contributed by atoms with Gasteiger partial charge in [0.25, 0.3) is 5.19 Å². The van der Waals surface area contributed by atoms with Gasteiger partial charge in [-0.3, -0.25) is 0 Å². The monoisotopic (exact) mass is 371 g/mol. The highest BCUT2D eigenvalue weighted by atomic mass is 32.1. The average molecular weight is 371 g/mol. The Morgan fingerprint density at radius 1 is 1.19 bits per heavy atom. The van der Waals surface area contributed by atoms with Gasteiger partial charge in [-0.25, -0.2) is 14.0 Å². The molecule has 0 amide bonds. The van der Waals surface area contributed by atoms with E-state index in [0.29, 0.717) is 28.2 Å². The summed E-state index contributed by atoms with van der Waals surface area (Å²) >= 11 is 1.08. The van der Waals surface area contributed by atoms with Gasteiger partial charge in [0.15, 0.2) is 11.5 Å². The molecule has 0 saturated heterocycles. The third-order valence-electron chi connectivity index (χ3n) is 3.53. The summed E-state index contributed by atoms with van der Waals surface area (Å²) in [5, 5.41) is 4.36. The first-order chi connectivity index (χ1) is 12.7. The third-order valence-corrected chi connectivity index (χ3v) is 4.12. The highest BCUT2D eigenvalue weighted by Crippen LogP contribution is 2.31. The van der Waals surface area contributed by atoms with Crippen molar-refractivity contribution in [2.45, 2.75) is 0 Å². The Bertz CT molecular complexity index is 1100. The van der Waals surface area contributed by atoms with Gasteiger partial charge >= 0.3 is 11.7 Å². The minimum Gasteiger partial charge on any atom is -0.467 e. The third kappa shape index (κ3) is 2.75. The van der Waals surface area contributed by atoms with E-state index in [1.54, 1.807) is 49.7 Å². The van der Waals surface area contributed by atoms with Crippen LogP contribution in [0.3, 0.4) is 0 Å². The van der Waals surface area contributed by atoms with Crippen molar-refractivity contribution in [1.29, 1.82) is 0 Å². The number of nitrogens with zero attached hydrogens (tertiary/aromatic N) is 5. The lowest BCUT2D eigenvalue weighted by Crippen LogP contribution is -2.22. The Balaban J connectivity index is 1.73. The lowest BCUT2D eigenvalue weighted by atomic mass is 10.3. The summed E-state index contributed by atoms with van der Waals surface area (Å²) in [6.07, 6.45) is 1.55. The minimum absolute atomic E-state index is 0.155. The summed E-state index contributed by atoms with van der Waals surface area (Å²) in [6, 6.07) is 10.7. The van der Waals surface area contributed by atoms with E-state index in [2.05, 4.69) is 14.5 Å². The predicted octanol–water partition coefficient (Wildman–Crippen LogP) is 2.48. The summed E-state index contributed by atoms with van der Waals surface area (Å²) in [6.45, 7) is 0. The Hall–Kier alpha value is -3.40. The molecule has 9 nitrogen and oxygen atoms in total. The molecule has 0 unspecified atom stereocenters. The zero-order valence-corrected chi connectivity index (χ0v) is 14.6. The van der Waals surface area contributed by atoms with E-state index in [-0.39, 0.29) is 11.7 Å². The van der Waals surface area contributed by atoms with Gasteiger partial charge in [0.1, 0.15) is 0 Å². The SMILES string of the molecule is COc1nn(C)c(=O)n1-c1ccccc1Oc1nc(-c2ccco2)ns1.